The van der Waals surface area contributed by atoms with E-state index in [9.17, 15) is 19.6 Å². The first-order chi connectivity index (χ1) is 10.7. The smallest absolute Gasteiger partial charge is 0.469 e. The van der Waals surface area contributed by atoms with Gasteiger partial charge in [0.05, 0.1) is 17.9 Å². The van der Waals surface area contributed by atoms with Gasteiger partial charge in [0.25, 0.3) is 0 Å². The van der Waals surface area contributed by atoms with Crippen LogP contribution in [0.2, 0.25) is 0 Å². The summed E-state index contributed by atoms with van der Waals surface area (Å²) in [6, 6.07) is 5.88. The molecule has 1 aromatic carbocycles. The molecular weight excluding hydrogens is 333 g/mol. The van der Waals surface area contributed by atoms with Gasteiger partial charge in [-0.15, -0.1) is 0 Å². The number of anilines is 1. The van der Waals surface area contributed by atoms with Gasteiger partial charge >= 0.3 is 13.8 Å². The van der Waals surface area contributed by atoms with Crippen LogP contribution in [0.5, 0.6) is 0 Å². The third-order valence-electron chi connectivity index (χ3n) is 3.22. The highest BCUT2D eigenvalue weighted by molar-refractivity contribution is 7.46. The number of benzene rings is 1. The lowest BCUT2D eigenvalue weighted by atomic mass is 10.1. The first-order valence-corrected chi connectivity index (χ1v) is 8.02. The third-order valence-corrected chi connectivity index (χ3v) is 3.71. The summed E-state index contributed by atoms with van der Waals surface area (Å²) in [5, 5.41) is 31.4. The van der Waals surface area contributed by atoms with Crippen molar-refractivity contribution in [3.63, 3.8) is 0 Å². The minimum absolute atomic E-state index is 0.0623. The number of aliphatic hydroxyl groups is 2. The van der Waals surface area contributed by atoms with Gasteiger partial charge in [0.15, 0.2) is 6.23 Å². The van der Waals surface area contributed by atoms with Crippen LogP contribution in [0.25, 0.3) is 0 Å². The minimum atomic E-state index is -4.74. The van der Waals surface area contributed by atoms with Crippen LogP contribution >= 0.6 is 7.82 Å². The summed E-state index contributed by atoms with van der Waals surface area (Å²) in [6.45, 7) is -0.638. The molecule has 10 nitrogen and oxygen atoms in total. The van der Waals surface area contributed by atoms with E-state index in [4.69, 9.17) is 19.6 Å². The lowest BCUT2D eigenvalue weighted by Crippen LogP contribution is -2.37. The molecule has 1 aliphatic heterocycles. The molecule has 0 saturated carbocycles. The molecule has 1 fully saturated rings. The van der Waals surface area contributed by atoms with E-state index in [0.29, 0.717) is 0 Å². The van der Waals surface area contributed by atoms with Crippen molar-refractivity contribution in [1.82, 2.24) is 0 Å². The van der Waals surface area contributed by atoms with Crippen LogP contribution in [0.3, 0.4) is 0 Å². The van der Waals surface area contributed by atoms with Crippen LogP contribution in [0, 0.1) is 0 Å². The number of aromatic carboxylic acids is 1. The molecule has 0 spiro atoms. The summed E-state index contributed by atoms with van der Waals surface area (Å²) in [5.41, 5.74) is 0.0977. The first kappa shape index (κ1) is 17.8. The lowest BCUT2D eigenvalue weighted by Gasteiger charge is -2.19. The van der Waals surface area contributed by atoms with Crippen molar-refractivity contribution >= 4 is 19.5 Å². The zero-order valence-electron chi connectivity index (χ0n) is 11.6. The molecule has 2 rings (SSSR count). The van der Waals surface area contributed by atoms with E-state index < -0.39 is 44.9 Å². The van der Waals surface area contributed by atoms with Crippen LogP contribution in [-0.4, -0.2) is 62.2 Å². The number of carboxylic acids is 1. The number of phosphoric ester groups is 1. The zero-order valence-corrected chi connectivity index (χ0v) is 12.5. The van der Waals surface area contributed by atoms with Gasteiger partial charge in [-0.1, -0.05) is 12.1 Å². The third kappa shape index (κ3) is 4.49. The van der Waals surface area contributed by atoms with Crippen molar-refractivity contribution in [3.05, 3.63) is 29.8 Å². The molecule has 1 aliphatic rings. The Labute approximate surface area is 130 Å². The quantitative estimate of drug-likeness (QED) is 0.363. The molecule has 0 aromatic heterocycles. The topological polar surface area (TPSA) is 166 Å². The number of phosphoric acid groups is 1. The van der Waals surface area contributed by atoms with E-state index in [1.807, 2.05) is 0 Å². The van der Waals surface area contributed by atoms with Crippen LogP contribution < -0.4 is 5.32 Å². The number of nitrogens with one attached hydrogen (secondary N) is 1. The fourth-order valence-electron chi connectivity index (χ4n) is 2.12. The average Bonchev–Trinajstić information content (AvgIpc) is 2.73. The second kappa shape index (κ2) is 6.93. The average molecular weight is 349 g/mol. The molecule has 128 valence electrons. The van der Waals surface area contributed by atoms with E-state index >= 15 is 0 Å². The molecule has 6 N–H and O–H groups in total. The van der Waals surface area contributed by atoms with Crippen LogP contribution in [-0.2, 0) is 13.8 Å². The zero-order chi connectivity index (χ0) is 17.2. The van der Waals surface area contributed by atoms with Crippen molar-refractivity contribution in [2.75, 3.05) is 11.9 Å². The number of rotatable bonds is 6. The highest BCUT2D eigenvalue weighted by Gasteiger charge is 2.43. The molecule has 4 atom stereocenters. The van der Waals surface area contributed by atoms with Gasteiger partial charge in [-0.25, -0.2) is 9.36 Å². The largest absolute Gasteiger partial charge is 0.478 e. The van der Waals surface area contributed by atoms with E-state index in [-0.39, 0.29) is 11.3 Å². The second-order valence-corrected chi connectivity index (χ2v) is 6.10. The van der Waals surface area contributed by atoms with Crippen molar-refractivity contribution < 1.29 is 43.7 Å². The Morgan fingerprint density at radius 2 is 1.91 bits per heavy atom. The maximum Gasteiger partial charge on any atom is 0.469 e. The number of hydrogen-bond donors (Lipinski definition) is 6. The summed E-state index contributed by atoms with van der Waals surface area (Å²) < 4.78 is 20.1. The van der Waals surface area contributed by atoms with Gasteiger partial charge in [0, 0.05) is 0 Å². The van der Waals surface area contributed by atoms with E-state index in [1.165, 1.54) is 18.2 Å². The Morgan fingerprint density at radius 1 is 1.26 bits per heavy atom. The van der Waals surface area contributed by atoms with Crippen LogP contribution in [0.4, 0.5) is 5.69 Å². The molecule has 0 amide bonds. The predicted octanol–water partition coefficient (Wildman–Crippen LogP) is -0.647. The summed E-state index contributed by atoms with van der Waals surface area (Å²) in [6.07, 6.45) is -5.26. The molecule has 1 heterocycles. The Morgan fingerprint density at radius 3 is 2.52 bits per heavy atom. The monoisotopic (exact) mass is 349 g/mol. The number of ether oxygens (including phenoxy) is 1. The van der Waals surface area contributed by atoms with Crippen molar-refractivity contribution in [2.45, 2.75) is 24.5 Å². The number of para-hydroxylation sites is 1. The number of carboxylic acid groups (broad SMARTS) is 1. The Bertz CT molecular complexity index is 618. The molecule has 11 heteroatoms. The Balaban J connectivity index is 2.07. The van der Waals surface area contributed by atoms with Crippen molar-refractivity contribution in [2.24, 2.45) is 0 Å². The standard InChI is InChI=1S/C12H16NO9P/c14-9-8(5-21-23(18,19)20)22-11(10(9)15)13-7-4-2-1-3-6(7)12(16)17/h1-4,8-11,13-15H,5H2,(H,16,17)(H2,18,19,20)/t8-,9-,10-,11-/m1/s1. The van der Waals surface area contributed by atoms with E-state index in [2.05, 4.69) is 9.84 Å². The van der Waals surface area contributed by atoms with Gasteiger partial charge in [-0.05, 0) is 12.1 Å². The number of carbonyl (C=O) groups is 1. The molecule has 0 unspecified atom stereocenters. The summed E-state index contributed by atoms with van der Waals surface area (Å²) >= 11 is 0. The SMILES string of the molecule is O=C(O)c1ccccc1N[C@@H]1O[C@H](COP(=O)(O)O)[C@@H](O)[C@H]1O. The summed E-state index contributed by atoms with van der Waals surface area (Å²) in [5.74, 6) is -1.19. The van der Waals surface area contributed by atoms with Gasteiger partial charge in [0.1, 0.15) is 18.3 Å². The van der Waals surface area contributed by atoms with Crippen LogP contribution in [0.1, 0.15) is 10.4 Å². The molecule has 1 aromatic rings. The first-order valence-electron chi connectivity index (χ1n) is 6.49. The predicted molar refractivity (Wildman–Crippen MR) is 75.7 cm³/mol. The highest BCUT2D eigenvalue weighted by atomic mass is 31.2. The molecule has 0 bridgehead atoms. The van der Waals surface area contributed by atoms with Gasteiger partial charge < -0.3 is 35.2 Å². The fraction of sp³-hybridized carbons (Fsp3) is 0.417. The maximum atomic E-state index is 11.1. The van der Waals surface area contributed by atoms with Gasteiger partial charge in [0.2, 0.25) is 0 Å². The fourth-order valence-corrected chi connectivity index (χ4v) is 2.47. The van der Waals surface area contributed by atoms with E-state index in [0.717, 1.165) is 0 Å². The summed E-state index contributed by atoms with van der Waals surface area (Å²) in [7, 11) is -4.74. The molecule has 1 saturated heterocycles. The molecule has 23 heavy (non-hydrogen) atoms. The highest BCUT2D eigenvalue weighted by Crippen LogP contribution is 2.37. The van der Waals surface area contributed by atoms with Crippen molar-refractivity contribution in [1.29, 1.82) is 0 Å². The molecule has 0 radical (unpaired) electrons. The van der Waals surface area contributed by atoms with E-state index in [1.54, 1.807) is 6.07 Å². The Hall–Kier alpha value is -1.52. The summed E-state index contributed by atoms with van der Waals surface area (Å²) in [4.78, 5) is 28.4. The number of hydrogen-bond acceptors (Lipinski definition) is 7. The normalized spacial score (nSPS) is 27.8. The molecular formula is C12H16NO9P. The van der Waals surface area contributed by atoms with Gasteiger partial charge in [-0.2, -0.15) is 0 Å². The second-order valence-electron chi connectivity index (χ2n) is 4.86. The van der Waals surface area contributed by atoms with Crippen LogP contribution in [0.15, 0.2) is 24.3 Å². The number of aliphatic hydroxyl groups excluding tert-OH is 2. The lowest BCUT2D eigenvalue weighted by molar-refractivity contribution is -0.0151. The van der Waals surface area contributed by atoms with Gasteiger partial charge in [-0.3, -0.25) is 4.52 Å². The minimum Gasteiger partial charge on any atom is -0.478 e. The van der Waals surface area contributed by atoms with Crippen molar-refractivity contribution in [3.8, 4) is 0 Å². The molecule has 0 aliphatic carbocycles. The Kier molecular flexibility index (Phi) is 5.37. The maximum absolute atomic E-state index is 11.1.